The maximum Gasteiger partial charge on any atom is 0.339 e. The first-order valence-corrected chi connectivity index (χ1v) is 11.1. The molecule has 1 aromatic heterocycles. The van der Waals surface area contributed by atoms with E-state index in [1.165, 1.54) is 0 Å². The molecule has 6 heteroatoms. The molecule has 1 fully saturated rings. The number of amides is 1. The van der Waals surface area contributed by atoms with Crippen molar-refractivity contribution in [2.24, 2.45) is 11.8 Å². The lowest BCUT2D eigenvalue weighted by Crippen LogP contribution is -2.28. The molecule has 1 heterocycles. The molecule has 0 aliphatic heterocycles. The number of aryl methyl sites for hydroxylation is 1. The van der Waals surface area contributed by atoms with Crippen LogP contribution in [-0.2, 0) is 16.1 Å². The first kappa shape index (κ1) is 21.6. The van der Waals surface area contributed by atoms with Crippen molar-refractivity contribution in [1.29, 1.82) is 0 Å². The van der Waals surface area contributed by atoms with Crippen LogP contribution in [0.4, 0.5) is 5.69 Å². The zero-order valence-corrected chi connectivity index (χ0v) is 18.9. The largest absolute Gasteiger partial charge is 0.462 e. The number of benzene rings is 1. The molecule has 1 aliphatic carbocycles. The van der Waals surface area contributed by atoms with Crippen molar-refractivity contribution in [3.8, 4) is 0 Å². The molecule has 1 amide bonds. The van der Waals surface area contributed by atoms with Crippen LogP contribution in [0.25, 0.3) is 0 Å². The van der Waals surface area contributed by atoms with E-state index in [-0.39, 0.29) is 17.8 Å². The van der Waals surface area contributed by atoms with Crippen LogP contribution in [0.15, 0.2) is 34.8 Å². The Balaban J connectivity index is 1.56. The van der Waals surface area contributed by atoms with Gasteiger partial charge in [0.2, 0.25) is 5.91 Å². The minimum atomic E-state index is -0.250. The molecule has 1 N–H and O–H groups in total. The summed E-state index contributed by atoms with van der Waals surface area (Å²) in [7, 11) is 0. The Morgan fingerprint density at radius 1 is 1.17 bits per heavy atom. The molecule has 0 radical (unpaired) electrons. The topological polar surface area (TPSA) is 60.3 Å². The molecule has 0 spiro atoms. The van der Waals surface area contributed by atoms with E-state index < -0.39 is 0 Å². The summed E-state index contributed by atoms with van der Waals surface area (Å²) in [4.78, 5) is 24.7. The van der Waals surface area contributed by atoms with E-state index in [0.717, 1.165) is 53.8 Å². The maximum atomic E-state index is 12.6. The van der Waals surface area contributed by atoms with Gasteiger partial charge in [0.05, 0.1) is 12.2 Å². The number of rotatable bonds is 6. The Kier molecular flexibility index (Phi) is 7.17. The molecule has 0 bridgehead atoms. The fourth-order valence-electron chi connectivity index (χ4n) is 4.17. The highest BCUT2D eigenvalue weighted by molar-refractivity contribution is 9.10. The summed E-state index contributed by atoms with van der Waals surface area (Å²) in [5.41, 5.74) is 3.54. The van der Waals surface area contributed by atoms with Gasteiger partial charge < -0.3 is 14.6 Å². The highest BCUT2D eigenvalue weighted by Crippen LogP contribution is 2.32. The molecule has 29 heavy (non-hydrogen) atoms. The molecule has 3 rings (SSSR count). The number of nitrogens with one attached hydrogen (secondary N) is 1. The lowest BCUT2D eigenvalue weighted by Gasteiger charge is -2.29. The number of anilines is 1. The van der Waals surface area contributed by atoms with E-state index in [4.69, 9.17) is 4.74 Å². The van der Waals surface area contributed by atoms with Crippen molar-refractivity contribution in [2.45, 2.75) is 53.0 Å². The van der Waals surface area contributed by atoms with Crippen LogP contribution in [0.2, 0.25) is 0 Å². The average Bonchev–Trinajstić information content (AvgIpc) is 2.97. The number of aromatic nitrogens is 1. The van der Waals surface area contributed by atoms with E-state index in [1.54, 1.807) is 0 Å². The fraction of sp³-hybridized carbons (Fsp3) is 0.478. The standard InChI is InChI=1S/C23H29BrN2O3/c1-4-29-23(28)21-12-15(2)26(16(21)3)14-17-8-10-18(11-9-17)22(27)25-20-7-5-6-19(24)13-20/h5-7,12-13,17-18H,4,8-11,14H2,1-3H3,(H,25,27). The molecule has 0 unspecified atom stereocenters. The van der Waals surface area contributed by atoms with Gasteiger partial charge in [0, 0.05) is 34.0 Å². The third-order valence-corrected chi connectivity index (χ3v) is 6.31. The predicted octanol–water partition coefficient (Wildman–Crippen LogP) is 5.49. The normalized spacial score (nSPS) is 19.0. The monoisotopic (exact) mass is 460 g/mol. The summed E-state index contributed by atoms with van der Waals surface area (Å²) in [6.07, 6.45) is 3.83. The van der Waals surface area contributed by atoms with Crippen molar-refractivity contribution in [3.63, 3.8) is 0 Å². The average molecular weight is 461 g/mol. The Hall–Kier alpha value is -2.08. The number of esters is 1. The van der Waals surface area contributed by atoms with E-state index in [1.807, 2.05) is 51.1 Å². The van der Waals surface area contributed by atoms with Crippen LogP contribution in [-0.4, -0.2) is 23.1 Å². The number of nitrogens with zero attached hydrogens (tertiary/aromatic N) is 1. The first-order valence-electron chi connectivity index (χ1n) is 10.3. The van der Waals surface area contributed by atoms with Gasteiger partial charge in [-0.2, -0.15) is 0 Å². The number of ether oxygens (including phenoxy) is 1. The van der Waals surface area contributed by atoms with Gasteiger partial charge in [0.25, 0.3) is 0 Å². The zero-order valence-electron chi connectivity index (χ0n) is 17.3. The molecule has 1 aromatic carbocycles. The summed E-state index contributed by atoms with van der Waals surface area (Å²) in [6.45, 7) is 7.11. The lowest BCUT2D eigenvalue weighted by molar-refractivity contribution is -0.121. The number of halogens is 1. The second-order valence-electron chi connectivity index (χ2n) is 7.83. The van der Waals surface area contributed by atoms with E-state index in [0.29, 0.717) is 18.1 Å². The third-order valence-electron chi connectivity index (χ3n) is 5.82. The second kappa shape index (κ2) is 9.61. The predicted molar refractivity (Wildman–Crippen MR) is 118 cm³/mol. The molecule has 0 saturated heterocycles. The second-order valence-corrected chi connectivity index (χ2v) is 8.75. The fourth-order valence-corrected chi connectivity index (χ4v) is 4.57. The van der Waals surface area contributed by atoms with Crippen LogP contribution >= 0.6 is 15.9 Å². The van der Waals surface area contributed by atoms with E-state index in [2.05, 4.69) is 25.8 Å². The highest BCUT2D eigenvalue weighted by atomic mass is 79.9. The summed E-state index contributed by atoms with van der Waals surface area (Å²) < 4.78 is 8.34. The van der Waals surface area contributed by atoms with Crippen molar-refractivity contribution in [2.75, 3.05) is 11.9 Å². The number of carbonyl (C=O) groups is 2. The van der Waals surface area contributed by atoms with Crippen molar-refractivity contribution >= 4 is 33.5 Å². The van der Waals surface area contributed by atoms with Gasteiger partial charge >= 0.3 is 5.97 Å². The van der Waals surface area contributed by atoms with Crippen molar-refractivity contribution < 1.29 is 14.3 Å². The van der Waals surface area contributed by atoms with Gasteiger partial charge in [-0.1, -0.05) is 22.0 Å². The van der Waals surface area contributed by atoms with E-state index >= 15 is 0 Å². The summed E-state index contributed by atoms with van der Waals surface area (Å²) >= 11 is 3.44. The quantitative estimate of drug-likeness (QED) is 0.579. The van der Waals surface area contributed by atoms with E-state index in [9.17, 15) is 9.59 Å². The Labute approximate surface area is 181 Å². The summed E-state index contributed by atoms with van der Waals surface area (Å²) in [5.74, 6) is 0.441. The number of hydrogen-bond donors (Lipinski definition) is 1. The maximum absolute atomic E-state index is 12.6. The molecule has 1 saturated carbocycles. The van der Waals surface area contributed by atoms with Crippen LogP contribution in [0.3, 0.4) is 0 Å². The molecular weight excluding hydrogens is 432 g/mol. The van der Waals surface area contributed by atoms with Gasteiger partial charge in [0.1, 0.15) is 0 Å². The Morgan fingerprint density at radius 3 is 2.55 bits per heavy atom. The van der Waals surface area contributed by atoms with Crippen molar-refractivity contribution in [3.05, 3.63) is 51.8 Å². The zero-order chi connectivity index (χ0) is 21.0. The summed E-state index contributed by atoms with van der Waals surface area (Å²) in [5, 5.41) is 3.04. The van der Waals surface area contributed by atoms with Gasteiger partial charge in [-0.3, -0.25) is 4.79 Å². The van der Waals surface area contributed by atoms with Gasteiger partial charge in [-0.15, -0.1) is 0 Å². The molecular formula is C23H29BrN2O3. The van der Waals surface area contributed by atoms with Crippen LogP contribution in [0.1, 0.15) is 54.4 Å². The number of carbonyl (C=O) groups excluding carboxylic acids is 2. The smallest absolute Gasteiger partial charge is 0.339 e. The molecule has 5 nitrogen and oxygen atoms in total. The minimum absolute atomic E-state index is 0.0622. The van der Waals surface area contributed by atoms with Crippen LogP contribution in [0.5, 0.6) is 0 Å². The highest BCUT2D eigenvalue weighted by Gasteiger charge is 2.27. The first-order chi connectivity index (χ1) is 13.9. The van der Waals surface area contributed by atoms with Gasteiger partial charge in [-0.05, 0) is 76.6 Å². The third kappa shape index (κ3) is 5.30. The minimum Gasteiger partial charge on any atom is -0.462 e. The van der Waals surface area contributed by atoms with Gasteiger partial charge in [-0.25, -0.2) is 4.79 Å². The van der Waals surface area contributed by atoms with Crippen LogP contribution < -0.4 is 5.32 Å². The molecule has 2 aromatic rings. The number of hydrogen-bond acceptors (Lipinski definition) is 3. The summed E-state index contributed by atoms with van der Waals surface area (Å²) in [6, 6.07) is 9.61. The Morgan fingerprint density at radius 2 is 1.90 bits per heavy atom. The molecule has 0 atom stereocenters. The SMILES string of the molecule is CCOC(=O)c1cc(C)n(CC2CCC(C(=O)Nc3cccc(Br)c3)CC2)c1C. The van der Waals surface area contributed by atoms with Gasteiger partial charge in [0.15, 0.2) is 0 Å². The van der Waals surface area contributed by atoms with Crippen LogP contribution in [0, 0.1) is 25.7 Å². The lowest BCUT2D eigenvalue weighted by atomic mass is 9.81. The van der Waals surface area contributed by atoms with Crippen molar-refractivity contribution in [1.82, 2.24) is 4.57 Å². The molecule has 1 aliphatic rings. The Bertz CT molecular complexity index is 882. The molecule has 156 valence electrons.